The van der Waals surface area contributed by atoms with Crippen LogP contribution in [0.4, 0.5) is 0 Å². The fourth-order valence-corrected chi connectivity index (χ4v) is 4.04. The summed E-state index contributed by atoms with van der Waals surface area (Å²) in [5, 5.41) is 0.290. The number of benzene rings is 1. The maximum absolute atomic E-state index is 12.4. The van der Waals surface area contributed by atoms with Crippen molar-refractivity contribution in [1.82, 2.24) is 4.31 Å². The Bertz CT molecular complexity index is 566. The van der Waals surface area contributed by atoms with E-state index in [-0.39, 0.29) is 28.2 Å². The topological polar surface area (TPSA) is 72.6 Å². The highest BCUT2D eigenvalue weighted by molar-refractivity contribution is 7.89. The van der Waals surface area contributed by atoms with Gasteiger partial charge >= 0.3 is 0 Å². The van der Waals surface area contributed by atoms with E-state index in [9.17, 15) is 8.42 Å². The summed E-state index contributed by atoms with van der Waals surface area (Å²) in [5.74, 6) is 0.699. The molecule has 0 amide bonds. The van der Waals surface area contributed by atoms with Crippen LogP contribution >= 0.6 is 24.0 Å². The van der Waals surface area contributed by atoms with Crippen LogP contribution in [0.2, 0.25) is 5.02 Å². The molecule has 1 aromatic rings. The van der Waals surface area contributed by atoms with Gasteiger partial charge in [0, 0.05) is 13.1 Å². The lowest BCUT2D eigenvalue weighted by atomic mass is 10.1. The van der Waals surface area contributed by atoms with Gasteiger partial charge in [0.15, 0.2) is 0 Å². The van der Waals surface area contributed by atoms with Gasteiger partial charge in [0.05, 0.1) is 17.0 Å². The molecule has 1 aliphatic heterocycles. The van der Waals surface area contributed by atoms with E-state index < -0.39 is 10.0 Å². The number of nitrogens with two attached hydrogens (primary N) is 1. The highest BCUT2D eigenvalue weighted by atomic mass is 35.5. The molecule has 1 atom stereocenters. The molecule has 8 heteroatoms. The summed E-state index contributed by atoms with van der Waals surface area (Å²) in [6, 6.07) is 4.49. The van der Waals surface area contributed by atoms with Gasteiger partial charge in [0.1, 0.15) is 5.75 Å². The van der Waals surface area contributed by atoms with Gasteiger partial charge in [-0.05, 0) is 37.1 Å². The third kappa shape index (κ3) is 3.38. The molecule has 0 aliphatic carbocycles. The van der Waals surface area contributed by atoms with Crippen molar-refractivity contribution < 1.29 is 13.2 Å². The molecule has 0 spiro atoms. The monoisotopic (exact) mass is 340 g/mol. The van der Waals surface area contributed by atoms with E-state index in [1.807, 2.05) is 0 Å². The summed E-state index contributed by atoms with van der Waals surface area (Å²) in [7, 11) is -2.00. The number of rotatable bonds is 4. The lowest BCUT2D eigenvalue weighted by Crippen LogP contribution is -2.30. The molecule has 5 nitrogen and oxygen atoms in total. The van der Waals surface area contributed by atoms with Crippen molar-refractivity contribution in [2.45, 2.75) is 11.3 Å². The third-order valence-electron chi connectivity index (χ3n) is 3.34. The smallest absolute Gasteiger partial charge is 0.243 e. The Kier molecular flexibility index (Phi) is 6.09. The van der Waals surface area contributed by atoms with Crippen LogP contribution in [0.1, 0.15) is 6.42 Å². The van der Waals surface area contributed by atoms with Crippen LogP contribution in [-0.2, 0) is 10.0 Å². The maximum Gasteiger partial charge on any atom is 0.243 e. The molecule has 114 valence electrons. The molecule has 1 saturated heterocycles. The van der Waals surface area contributed by atoms with Gasteiger partial charge in [0.2, 0.25) is 10.0 Å². The molecule has 1 aliphatic rings. The van der Waals surface area contributed by atoms with E-state index in [0.29, 0.717) is 25.4 Å². The van der Waals surface area contributed by atoms with E-state index in [2.05, 4.69) is 0 Å². The number of sulfonamides is 1. The minimum absolute atomic E-state index is 0. The SMILES string of the molecule is COc1ccc(S(=O)(=O)N2CCC(CN)C2)cc1Cl.Cl. The summed E-state index contributed by atoms with van der Waals surface area (Å²) in [6.45, 7) is 1.49. The van der Waals surface area contributed by atoms with Crippen molar-refractivity contribution in [3.8, 4) is 5.75 Å². The Balaban J connectivity index is 0.00000200. The van der Waals surface area contributed by atoms with Crippen LogP contribution in [0, 0.1) is 5.92 Å². The van der Waals surface area contributed by atoms with Crippen LogP contribution in [0.3, 0.4) is 0 Å². The van der Waals surface area contributed by atoms with Crippen molar-refractivity contribution in [3.05, 3.63) is 23.2 Å². The first-order chi connectivity index (χ1) is 8.98. The molecule has 0 saturated carbocycles. The molecule has 1 aromatic carbocycles. The maximum atomic E-state index is 12.4. The molecule has 1 heterocycles. The molecule has 0 radical (unpaired) electrons. The van der Waals surface area contributed by atoms with Crippen molar-refractivity contribution in [2.24, 2.45) is 11.7 Å². The zero-order valence-corrected chi connectivity index (χ0v) is 13.5. The van der Waals surface area contributed by atoms with Crippen LogP contribution in [-0.4, -0.2) is 39.5 Å². The van der Waals surface area contributed by atoms with Crippen molar-refractivity contribution in [3.63, 3.8) is 0 Å². The molecule has 2 rings (SSSR count). The summed E-state index contributed by atoms with van der Waals surface area (Å²) >= 11 is 5.97. The van der Waals surface area contributed by atoms with Gasteiger partial charge in [-0.15, -0.1) is 12.4 Å². The highest BCUT2D eigenvalue weighted by Crippen LogP contribution is 2.30. The van der Waals surface area contributed by atoms with Gasteiger partial charge in [-0.25, -0.2) is 8.42 Å². The Morgan fingerprint density at radius 1 is 1.50 bits per heavy atom. The van der Waals surface area contributed by atoms with E-state index >= 15 is 0 Å². The van der Waals surface area contributed by atoms with E-state index in [4.69, 9.17) is 22.1 Å². The average Bonchev–Trinajstić information content (AvgIpc) is 2.88. The standard InChI is InChI=1S/C12H17ClN2O3S.ClH/c1-18-12-3-2-10(6-11(12)13)19(16,17)15-5-4-9(7-14)8-15;/h2-3,6,9H,4-5,7-8,14H2,1H3;1H. The lowest BCUT2D eigenvalue weighted by Gasteiger charge is -2.17. The lowest BCUT2D eigenvalue weighted by molar-refractivity contribution is 0.414. The van der Waals surface area contributed by atoms with Gasteiger partial charge in [-0.2, -0.15) is 4.31 Å². The van der Waals surface area contributed by atoms with Gasteiger partial charge in [-0.3, -0.25) is 0 Å². The van der Waals surface area contributed by atoms with Crippen LogP contribution < -0.4 is 10.5 Å². The minimum Gasteiger partial charge on any atom is -0.495 e. The Hall–Kier alpha value is -0.530. The number of nitrogens with zero attached hydrogens (tertiary/aromatic N) is 1. The van der Waals surface area contributed by atoms with Gasteiger partial charge in [-0.1, -0.05) is 11.6 Å². The Labute approximate surface area is 130 Å². The molecule has 1 fully saturated rings. The van der Waals surface area contributed by atoms with E-state index in [1.165, 1.54) is 23.5 Å². The first-order valence-electron chi connectivity index (χ1n) is 6.02. The zero-order chi connectivity index (χ0) is 14.0. The highest BCUT2D eigenvalue weighted by Gasteiger charge is 2.32. The summed E-state index contributed by atoms with van der Waals surface area (Å²) < 4.78 is 31.3. The first kappa shape index (κ1) is 17.5. The second-order valence-electron chi connectivity index (χ2n) is 4.55. The Morgan fingerprint density at radius 3 is 2.70 bits per heavy atom. The largest absolute Gasteiger partial charge is 0.495 e. The number of hydrogen-bond donors (Lipinski definition) is 1. The van der Waals surface area contributed by atoms with Gasteiger partial charge < -0.3 is 10.5 Å². The second kappa shape index (κ2) is 6.95. The molecule has 0 bridgehead atoms. The van der Waals surface area contributed by atoms with Gasteiger partial charge in [0.25, 0.3) is 0 Å². The number of hydrogen-bond acceptors (Lipinski definition) is 4. The predicted octanol–water partition coefficient (Wildman–Crippen LogP) is 1.74. The summed E-state index contributed by atoms with van der Waals surface area (Å²) in [5.41, 5.74) is 5.58. The van der Waals surface area contributed by atoms with Crippen LogP contribution in [0.15, 0.2) is 23.1 Å². The summed E-state index contributed by atoms with van der Waals surface area (Å²) in [6.07, 6.45) is 0.805. The van der Waals surface area contributed by atoms with E-state index in [0.717, 1.165) is 6.42 Å². The number of methoxy groups -OCH3 is 1. The minimum atomic E-state index is -3.49. The molecule has 1 unspecified atom stereocenters. The summed E-state index contributed by atoms with van der Waals surface area (Å²) in [4.78, 5) is 0.191. The molecule has 0 aromatic heterocycles. The second-order valence-corrected chi connectivity index (χ2v) is 6.89. The molecule has 2 N–H and O–H groups in total. The predicted molar refractivity (Wildman–Crippen MR) is 81.2 cm³/mol. The fourth-order valence-electron chi connectivity index (χ4n) is 2.16. The van der Waals surface area contributed by atoms with Crippen molar-refractivity contribution in [1.29, 1.82) is 0 Å². The van der Waals surface area contributed by atoms with Crippen LogP contribution in [0.25, 0.3) is 0 Å². The van der Waals surface area contributed by atoms with Crippen LogP contribution in [0.5, 0.6) is 5.75 Å². The van der Waals surface area contributed by atoms with Crippen molar-refractivity contribution >= 4 is 34.0 Å². The number of halogens is 2. The Morgan fingerprint density at radius 2 is 2.20 bits per heavy atom. The first-order valence-corrected chi connectivity index (χ1v) is 7.84. The third-order valence-corrected chi connectivity index (χ3v) is 5.50. The molecular formula is C12H18Cl2N2O3S. The quantitative estimate of drug-likeness (QED) is 0.905. The molecule has 20 heavy (non-hydrogen) atoms. The zero-order valence-electron chi connectivity index (χ0n) is 11.1. The van der Waals surface area contributed by atoms with Crippen molar-refractivity contribution in [2.75, 3.05) is 26.7 Å². The fraction of sp³-hybridized carbons (Fsp3) is 0.500. The van der Waals surface area contributed by atoms with E-state index in [1.54, 1.807) is 6.07 Å². The average molecular weight is 341 g/mol. The molecular weight excluding hydrogens is 323 g/mol. The number of ether oxygens (including phenoxy) is 1. The normalized spacial score (nSPS) is 19.6.